The third-order valence-electron chi connectivity index (χ3n) is 10.3. The summed E-state index contributed by atoms with van der Waals surface area (Å²) in [5, 5.41) is 11.3. The second-order valence-electron chi connectivity index (χ2n) is 13.7. The van der Waals surface area contributed by atoms with Crippen LogP contribution in [0.2, 0.25) is 0 Å². The number of aliphatic carboxylic acids is 1. The number of carboxylic acid groups (broad SMARTS) is 1. The number of hydrogen-bond acceptors (Lipinski definition) is 8. The molecule has 1 aliphatic carbocycles. The summed E-state index contributed by atoms with van der Waals surface area (Å²) < 4.78 is 2.25. The molecule has 8 rings (SSSR count). The van der Waals surface area contributed by atoms with Crippen molar-refractivity contribution >= 4 is 91.4 Å². The number of aromatic nitrogens is 1. The number of thiocarbonyl (C=S) groups is 1. The first-order valence-corrected chi connectivity index (χ1v) is 20.0. The molecule has 2 atom stereocenters. The van der Waals surface area contributed by atoms with Crippen molar-refractivity contribution in [3.63, 3.8) is 0 Å². The maximum atomic E-state index is 13.9. The zero-order valence-corrected chi connectivity index (χ0v) is 32.3. The quantitative estimate of drug-likeness (QED) is 0.140. The molecule has 2 unspecified atom stereocenters. The maximum absolute atomic E-state index is 13.9. The SMILES string of the molecule is CN1C(=O)/C(=c2\s/c(=C/c3ccc4c(c3)C3CCCC3N4c3ccc(C=C(c4ccccc4)c4ccccc4)cc3)c(=O)n2CC(=O)NCC(=O)O)SC1=S. The van der Waals surface area contributed by atoms with E-state index in [1.54, 1.807) is 13.1 Å². The molecular weight excluding hydrogens is 749 g/mol. The van der Waals surface area contributed by atoms with Crippen LogP contribution in [0.25, 0.3) is 22.6 Å². The third kappa shape index (κ3) is 7.20. The van der Waals surface area contributed by atoms with Crippen molar-refractivity contribution in [2.45, 2.75) is 37.8 Å². The Balaban J connectivity index is 1.14. The number of anilines is 2. The van der Waals surface area contributed by atoms with Crippen molar-refractivity contribution in [3.05, 3.63) is 150 Å². The zero-order chi connectivity index (χ0) is 38.2. The summed E-state index contributed by atoms with van der Waals surface area (Å²) in [6.45, 7) is -1.01. The van der Waals surface area contributed by atoms with Crippen molar-refractivity contribution in [2.75, 3.05) is 18.5 Å². The Bertz CT molecular complexity index is 2520. The molecule has 0 radical (unpaired) electrons. The first-order valence-electron chi connectivity index (χ1n) is 18.0. The van der Waals surface area contributed by atoms with Gasteiger partial charge in [0.25, 0.3) is 11.5 Å². The van der Waals surface area contributed by atoms with E-state index in [0.29, 0.717) is 25.5 Å². The molecule has 4 aromatic carbocycles. The number of fused-ring (bicyclic) bond motifs is 3. The molecular formula is C43H36N4O5S3. The highest BCUT2D eigenvalue weighted by molar-refractivity contribution is 8.30. The molecule has 1 saturated heterocycles. The lowest BCUT2D eigenvalue weighted by atomic mass is 9.95. The lowest BCUT2D eigenvalue weighted by Gasteiger charge is -2.27. The predicted molar refractivity (Wildman–Crippen MR) is 224 cm³/mol. The molecule has 3 aliphatic rings. The topological polar surface area (TPSA) is 112 Å². The van der Waals surface area contributed by atoms with E-state index in [4.69, 9.17) is 17.3 Å². The first-order chi connectivity index (χ1) is 26.7. The summed E-state index contributed by atoms with van der Waals surface area (Å²) in [7, 11) is 1.57. The van der Waals surface area contributed by atoms with Crippen molar-refractivity contribution < 1.29 is 19.5 Å². The van der Waals surface area contributed by atoms with Crippen LogP contribution >= 0.6 is 35.3 Å². The first kappa shape index (κ1) is 36.4. The molecule has 2 aliphatic heterocycles. The van der Waals surface area contributed by atoms with E-state index in [9.17, 15) is 19.2 Å². The van der Waals surface area contributed by atoms with Crippen molar-refractivity contribution in [1.82, 2.24) is 14.8 Å². The fraction of sp³-hybridized carbons (Fsp3) is 0.186. The lowest BCUT2D eigenvalue weighted by Crippen LogP contribution is -2.40. The summed E-state index contributed by atoms with van der Waals surface area (Å²) in [6, 6.07) is 36.3. The average Bonchev–Trinajstić information content (AvgIpc) is 3.94. The number of thiazole rings is 1. The Labute approximate surface area is 330 Å². The van der Waals surface area contributed by atoms with Crippen LogP contribution in [0.15, 0.2) is 108 Å². The smallest absolute Gasteiger partial charge is 0.322 e. The van der Waals surface area contributed by atoms with Gasteiger partial charge in [-0.15, -0.1) is 11.3 Å². The molecule has 2 fully saturated rings. The Kier molecular flexibility index (Phi) is 10.1. The Morgan fingerprint density at radius 2 is 1.58 bits per heavy atom. The van der Waals surface area contributed by atoms with Gasteiger partial charge < -0.3 is 15.3 Å². The van der Waals surface area contributed by atoms with Gasteiger partial charge in [-0.3, -0.25) is 28.6 Å². The Morgan fingerprint density at radius 1 is 0.909 bits per heavy atom. The zero-order valence-electron chi connectivity index (χ0n) is 29.8. The number of carboxylic acids is 1. The van der Waals surface area contributed by atoms with Gasteiger partial charge in [0.2, 0.25) is 5.91 Å². The molecule has 2 N–H and O–H groups in total. The third-order valence-corrected chi connectivity index (χ3v) is 13.1. The van der Waals surface area contributed by atoms with E-state index in [1.165, 1.54) is 15.0 Å². The summed E-state index contributed by atoms with van der Waals surface area (Å²) in [5.41, 5.74) is 8.53. The minimum Gasteiger partial charge on any atom is -0.480 e. The Hall–Kier alpha value is -5.56. The molecule has 1 saturated carbocycles. The molecule has 276 valence electrons. The molecule has 2 amide bonds. The van der Waals surface area contributed by atoms with Gasteiger partial charge in [-0.05, 0) is 82.6 Å². The van der Waals surface area contributed by atoms with Gasteiger partial charge in [-0.25, -0.2) is 0 Å². The second-order valence-corrected chi connectivity index (χ2v) is 16.4. The number of carbonyl (C=O) groups is 3. The summed E-state index contributed by atoms with van der Waals surface area (Å²) in [4.78, 5) is 54.7. The fourth-order valence-electron chi connectivity index (χ4n) is 7.69. The molecule has 5 aromatic rings. The van der Waals surface area contributed by atoms with E-state index < -0.39 is 30.5 Å². The number of benzene rings is 4. The number of nitrogens with zero attached hydrogens (tertiary/aromatic N) is 3. The van der Waals surface area contributed by atoms with Crippen LogP contribution in [-0.2, 0) is 20.9 Å². The number of nitrogens with one attached hydrogen (secondary N) is 1. The van der Waals surface area contributed by atoms with Crippen LogP contribution in [0.3, 0.4) is 0 Å². The van der Waals surface area contributed by atoms with Gasteiger partial charge in [0.1, 0.15) is 27.0 Å². The Morgan fingerprint density at radius 3 is 2.22 bits per heavy atom. The van der Waals surface area contributed by atoms with Gasteiger partial charge in [0, 0.05) is 30.4 Å². The van der Waals surface area contributed by atoms with Crippen molar-refractivity contribution in [3.8, 4) is 0 Å². The van der Waals surface area contributed by atoms with Crippen LogP contribution < -0.4 is 25.0 Å². The van der Waals surface area contributed by atoms with Gasteiger partial charge in [-0.2, -0.15) is 0 Å². The highest BCUT2D eigenvalue weighted by Crippen LogP contribution is 2.52. The lowest BCUT2D eigenvalue weighted by molar-refractivity contribution is -0.138. The summed E-state index contributed by atoms with van der Waals surface area (Å²) in [5.74, 6) is -1.86. The standard InChI is InChI=1S/C43H36N4O5S3/c1-45-41(52)39(55-43(45)53)42-46(25-37(48)44-24-38(49)50)40(51)36(54-42)23-27-17-20-35-33(22-27)31-13-8-14-34(31)47(35)30-18-15-26(16-19-30)21-32(28-9-4-2-5-10-28)29-11-6-3-7-12-29/h2-7,9-12,15-23,31,34H,8,13-14,24-25H2,1H3,(H,44,48)(H,49,50)/b36-23+,42-39+. The largest absolute Gasteiger partial charge is 0.480 e. The number of hydrogen-bond donors (Lipinski definition) is 2. The molecule has 0 bridgehead atoms. The van der Waals surface area contributed by atoms with Crippen LogP contribution in [-0.4, -0.2) is 56.3 Å². The fourth-order valence-corrected chi connectivity index (χ4v) is 10.1. The molecule has 9 nitrogen and oxygen atoms in total. The number of amides is 2. The highest BCUT2D eigenvalue weighted by Gasteiger charge is 2.42. The summed E-state index contributed by atoms with van der Waals surface area (Å²) >= 11 is 7.53. The van der Waals surface area contributed by atoms with Crippen molar-refractivity contribution in [1.29, 1.82) is 0 Å². The van der Waals surface area contributed by atoms with Crippen LogP contribution in [0, 0.1) is 0 Å². The van der Waals surface area contributed by atoms with Gasteiger partial charge in [0.05, 0.1) is 4.53 Å². The molecule has 3 heterocycles. The predicted octanol–water partition coefficient (Wildman–Crippen LogP) is 5.91. The number of thioether (sulfide) groups is 1. The van der Waals surface area contributed by atoms with Crippen LogP contribution in [0.5, 0.6) is 0 Å². The minimum atomic E-state index is -1.20. The second kappa shape index (κ2) is 15.3. The molecule has 12 heteroatoms. The normalized spacial score (nSPS) is 18.7. The monoisotopic (exact) mass is 784 g/mol. The average molecular weight is 785 g/mol. The van der Waals surface area contributed by atoms with Gasteiger partial charge in [-0.1, -0.05) is 109 Å². The number of carbonyl (C=O) groups excluding carboxylic acids is 2. The molecule has 1 aromatic heterocycles. The minimum absolute atomic E-state index is 0.261. The van der Waals surface area contributed by atoms with E-state index in [0.717, 1.165) is 81.6 Å². The van der Waals surface area contributed by atoms with E-state index in [2.05, 4.69) is 101 Å². The molecule has 55 heavy (non-hydrogen) atoms. The maximum Gasteiger partial charge on any atom is 0.322 e. The van der Waals surface area contributed by atoms with Crippen LogP contribution in [0.1, 0.15) is 53.0 Å². The van der Waals surface area contributed by atoms with Gasteiger partial charge in [0.15, 0.2) is 0 Å². The van der Waals surface area contributed by atoms with E-state index in [-0.39, 0.29) is 10.8 Å². The van der Waals surface area contributed by atoms with E-state index in [1.807, 2.05) is 18.2 Å². The van der Waals surface area contributed by atoms with Gasteiger partial charge >= 0.3 is 5.97 Å². The van der Waals surface area contributed by atoms with Crippen molar-refractivity contribution in [2.24, 2.45) is 0 Å². The van der Waals surface area contributed by atoms with Crippen LogP contribution in [0.4, 0.5) is 11.4 Å². The summed E-state index contributed by atoms with van der Waals surface area (Å²) in [6.07, 6.45) is 7.32. The highest BCUT2D eigenvalue weighted by atomic mass is 32.2. The number of rotatable bonds is 9. The molecule has 0 spiro atoms. The van der Waals surface area contributed by atoms with E-state index >= 15 is 0 Å².